The largest absolute Gasteiger partial charge is 0.375 e. The molecule has 3 N–H and O–H groups in total. The number of nitrogens with zero attached hydrogens (tertiary/aromatic N) is 2. The van der Waals surface area contributed by atoms with Crippen molar-refractivity contribution >= 4 is 22.4 Å². The standard InChI is InChI=1S/C14H18N4OS/c1-18(2)9-8-16-13(19)12-11(17-14(15)20-12)10-6-4-3-5-7-10/h3-7H,8-9H2,1-2H3,(H2,15,17)(H,16,19). The Kier molecular flexibility index (Phi) is 4.70. The third-order valence-electron chi connectivity index (χ3n) is 2.74. The first kappa shape index (κ1) is 14.5. The minimum absolute atomic E-state index is 0.125. The summed E-state index contributed by atoms with van der Waals surface area (Å²) in [4.78, 5) is 19.1. The van der Waals surface area contributed by atoms with E-state index in [4.69, 9.17) is 5.73 Å². The molecule has 20 heavy (non-hydrogen) atoms. The number of nitrogen functional groups attached to an aromatic ring is 1. The summed E-state index contributed by atoms with van der Waals surface area (Å²) in [5.41, 5.74) is 7.30. The Morgan fingerprint density at radius 2 is 2.05 bits per heavy atom. The fourth-order valence-electron chi connectivity index (χ4n) is 1.76. The lowest BCUT2D eigenvalue weighted by atomic mass is 10.1. The van der Waals surface area contributed by atoms with Crippen molar-refractivity contribution in [2.75, 3.05) is 32.9 Å². The zero-order chi connectivity index (χ0) is 14.5. The molecule has 1 heterocycles. The van der Waals surface area contributed by atoms with Gasteiger partial charge in [-0.2, -0.15) is 0 Å². The third-order valence-corrected chi connectivity index (χ3v) is 3.63. The first-order valence-electron chi connectivity index (χ1n) is 6.32. The first-order chi connectivity index (χ1) is 9.58. The Balaban J connectivity index is 2.18. The van der Waals surface area contributed by atoms with Gasteiger partial charge >= 0.3 is 0 Å². The topological polar surface area (TPSA) is 71.2 Å². The summed E-state index contributed by atoms with van der Waals surface area (Å²) in [7, 11) is 3.93. The van der Waals surface area contributed by atoms with Gasteiger partial charge in [0.05, 0.1) is 5.69 Å². The number of amides is 1. The average Bonchev–Trinajstić information content (AvgIpc) is 2.81. The van der Waals surface area contributed by atoms with Crippen LogP contribution in [-0.2, 0) is 0 Å². The zero-order valence-electron chi connectivity index (χ0n) is 11.6. The summed E-state index contributed by atoms with van der Waals surface area (Å²) in [6.45, 7) is 1.39. The molecule has 5 nitrogen and oxygen atoms in total. The van der Waals surface area contributed by atoms with Gasteiger partial charge in [0, 0.05) is 18.7 Å². The zero-order valence-corrected chi connectivity index (χ0v) is 12.4. The monoisotopic (exact) mass is 290 g/mol. The number of anilines is 1. The second kappa shape index (κ2) is 6.49. The lowest BCUT2D eigenvalue weighted by Crippen LogP contribution is -2.31. The van der Waals surface area contributed by atoms with E-state index in [1.807, 2.05) is 49.3 Å². The van der Waals surface area contributed by atoms with Crippen molar-refractivity contribution in [1.82, 2.24) is 15.2 Å². The number of thiazole rings is 1. The van der Waals surface area contributed by atoms with Crippen LogP contribution in [0.4, 0.5) is 5.13 Å². The van der Waals surface area contributed by atoms with E-state index in [-0.39, 0.29) is 5.91 Å². The molecule has 2 aromatic rings. The van der Waals surface area contributed by atoms with E-state index >= 15 is 0 Å². The molecule has 0 aliphatic carbocycles. The Hall–Kier alpha value is -1.92. The lowest BCUT2D eigenvalue weighted by Gasteiger charge is -2.10. The summed E-state index contributed by atoms with van der Waals surface area (Å²) in [6, 6.07) is 9.60. The number of nitrogens with one attached hydrogen (secondary N) is 1. The maximum absolute atomic E-state index is 12.2. The van der Waals surface area contributed by atoms with E-state index in [1.165, 1.54) is 11.3 Å². The Morgan fingerprint density at radius 3 is 2.70 bits per heavy atom. The fourth-order valence-corrected chi connectivity index (χ4v) is 2.53. The van der Waals surface area contributed by atoms with E-state index in [2.05, 4.69) is 10.3 Å². The Morgan fingerprint density at radius 1 is 1.35 bits per heavy atom. The number of rotatable bonds is 5. The lowest BCUT2D eigenvalue weighted by molar-refractivity contribution is 0.0955. The van der Waals surface area contributed by atoms with Crippen molar-refractivity contribution < 1.29 is 4.79 Å². The molecular weight excluding hydrogens is 272 g/mol. The van der Waals surface area contributed by atoms with Gasteiger partial charge in [0.25, 0.3) is 5.91 Å². The van der Waals surface area contributed by atoms with Crippen LogP contribution in [0, 0.1) is 0 Å². The molecule has 0 spiro atoms. The van der Waals surface area contributed by atoms with Crippen LogP contribution in [-0.4, -0.2) is 43.0 Å². The molecule has 1 aromatic carbocycles. The molecular formula is C14H18N4OS. The molecule has 0 fully saturated rings. The third kappa shape index (κ3) is 3.55. The van der Waals surface area contributed by atoms with Gasteiger partial charge in [0.1, 0.15) is 4.88 Å². The minimum Gasteiger partial charge on any atom is -0.375 e. The number of hydrogen-bond donors (Lipinski definition) is 2. The van der Waals surface area contributed by atoms with Crippen molar-refractivity contribution in [2.45, 2.75) is 0 Å². The summed E-state index contributed by atoms with van der Waals surface area (Å²) in [5.74, 6) is -0.125. The van der Waals surface area contributed by atoms with Gasteiger partial charge in [-0.25, -0.2) is 4.98 Å². The molecule has 2 rings (SSSR count). The van der Waals surface area contributed by atoms with Crippen LogP contribution in [0.3, 0.4) is 0 Å². The van der Waals surface area contributed by atoms with E-state index in [0.29, 0.717) is 22.2 Å². The molecule has 0 aliphatic heterocycles. The molecule has 0 atom stereocenters. The Labute approximate surface area is 122 Å². The second-order valence-corrected chi connectivity index (χ2v) is 5.69. The van der Waals surface area contributed by atoms with E-state index in [0.717, 1.165) is 12.1 Å². The van der Waals surface area contributed by atoms with Gasteiger partial charge in [-0.1, -0.05) is 41.7 Å². The molecule has 1 amide bonds. The summed E-state index contributed by atoms with van der Waals surface area (Å²) < 4.78 is 0. The van der Waals surface area contributed by atoms with Crippen LogP contribution in [0.15, 0.2) is 30.3 Å². The van der Waals surface area contributed by atoms with Crippen molar-refractivity contribution in [1.29, 1.82) is 0 Å². The smallest absolute Gasteiger partial charge is 0.263 e. The minimum atomic E-state index is -0.125. The van der Waals surface area contributed by atoms with Crippen molar-refractivity contribution in [3.63, 3.8) is 0 Å². The first-order valence-corrected chi connectivity index (χ1v) is 7.14. The van der Waals surface area contributed by atoms with Gasteiger partial charge in [0.15, 0.2) is 5.13 Å². The number of hydrogen-bond acceptors (Lipinski definition) is 5. The second-order valence-electron chi connectivity index (χ2n) is 4.66. The van der Waals surface area contributed by atoms with Crippen LogP contribution >= 0.6 is 11.3 Å². The average molecular weight is 290 g/mol. The van der Waals surface area contributed by atoms with Crippen LogP contribution in [0.1, 0.15) is 9.67 Å². The number of carbonyl (C=O) groups excluding carboxylic acids is 1. The van der Waals surface area contributed by atoms with Gasteiger partial charge in [0.2, 0.25) is 0 Å². The summed E-state index contributed by atoms with van der Waals surface area (Å²) in [6.07, 6.45) is 0. The summed E-state index contributed by atoms with van der Waals surface area (Å²) in [5, 5.41) is 3.29. The van der Waals surface area contributed by atoms with Gasteiger partial charge in [-0.05, 0) is 14.1 Å². The molecule has 0 saturated carbocycles. The highest BCUT2D eigenvalue weighted by molar-refractivity contribution is 7.17. The number of nitrogens with two attached hydrogens (primary N) is 1. The van der Waals surface area contributed by atoms with Crippen LogP contribution in [0.2, 0.25) is 0 Å². The van der Waals surface area contributed by atoms with Crippen molar-refractivity contribution in [3.8, 4) is 11.3 Å². The predicted octanol–water partition coefficient (Wildman–Crippen LogP) is 1.68. The maximum Gasteiger partial charge on any atom is 0.263 e. The number of aromatic nitrogens is 1. The molecule has 0 aliphatic rings. The van der Waals surface area contributed by atoms with Crippen molar-refractivity contribution in [3.05, 3.63) is 35.2 Å². The maximum atomic E-state index is 12.2. The molecule has 0 radical (unpaired) electrons. The van der Waals surface area contributed by atoms with Crippen molar-refractivity contribution in [2.24, 2.45) is 0 Å². The van der Waals surface area contributed by atoms with Crippen LogP contribution < -0.4 is 11.1 Å². The van der Waals surface area contributed by atoms with E-state index < -0.39 is 0 Å². The van der Waals surface area contributed by atoms with Gasteiger partial charge < -0.3 is 16.0 Å². The van der Waals surface area contributed by atoms with Gasteiger partial charge in [-0.3, -0.25) is 4.79 Å². The fraction of sp³-hybridized carbons (Fsp3) is 0.286. The van der Waals surface area contributed by atoms with Gasteiger partial charge in [-0.15, -0.1) is 0 Å². The molecule has 0 saturated heterocycles. The number of carbonyl (C=O) groups is 1. The molecule has 1 aromatic heterocycles. The summed E-state index contributed by atoms with van der Waals surface area (Å²) >= 11 is 1.22. The van der Waals surface area contributed by atoms with E-state index in [9.17, 15) is 4.79 Å². The van der Waals surface area contributed by atoms with Crippen LogP contribution in [0.5, 0.6) is 0 Å². The number of likely N-dealkylation sites (N-methyl/N-ethyl adjacent to an activating group) is 1. The molecule has 6 heteroatoms. The highest BCUT2D eigenvalue weighted by Crippen LogP contribution is 2.29. The Bertz CT molecular complexity index is 580. The highest BCUT2D eigenvalue weighted by atomic mass is 32.1. The molecule has 0 bridgehead atoms. The SMILES string of the molecule is CN(C)CCNC(=O)c1sc(N)nc1-c1ccccc1. The number of benzene rings is 1. The van der Waals surface area contributed by atoms with E-state index in [1.54, 1.807) is 0 Å². The highest BCUT2D eigenvalue weighted by Gasteiger charge is 2.18. The predicted molar refractivity (Wildman–Crippen MR) is 82.8 cm³/mol. The molecule has 106 valence electrons. The van der Waals surface area contributed by atoms with Crippen LogP contribution in [0.25, 0.3) is 11.3 Å². The normalized spacial score (nSPS) is 10.8. The molecule has 0 unspecified atom stereocenters. The quantitative estimate of drug-likeness (QED) is 0.879.